The molecule has 2 aliphatic carbocycles. The molecule has 1 fully saturated rings. The minimum Gasteiger partial charge on any atom is -0.376 e. The first-order chi connectivity index (χ1) is 9.85. The van der Waals surface area contributed by atoms with Gasteiger partial charge in [0.1, 0.15) is 0 Å². The van der Waals surface area contributed by atoms with Gasteiger partial charge in [-0.15, -0.1) is 0 Å². The molecule has 112 valence electrons. The highest BCUT2D eigenvalue weighted by molar-refractivity contribution is 5.33. The van der Waals surface area contributed by atoms with Crippen LogP contribution < -0.4 is 0 Å². The van der Waals surface area contributed by atoms with Gasteiger partial charge in [0.15, 0.2) is 0 Å². The lowest BCUT2D eigenvalue weighted by molar-refractivity contribution is -0.0887. The molecule has 0 aromatic carbocycles. The minimum atomic E-state index is 0.365. The van der Waals surface area contributed by atoms with E-state index in [0.717, 1.165) is 26.2 Å². The van der Waals surface area contributed by atoms with E-state index in [1.807, 2.05) is 0 Å². The first-order valence-corrected chi connectivity index (χ1v) is 8.17. The summed E-state index contributed by atoms with van der Waals surface area (Å²) in [5.74, 6) is 0. The lowest BCUT2D eigenvalue weighted by Crippen LogP contribution is -2.27. The van der Waals surface area contributed by atoms with Crippen molar-refractivity contribution in [1.29, 1.82) is 0 Å². The molecular formula is C18H28O2. The van der Waals surface area contributed by atoms with Crippen LogP contribution in [-0.2, 0) is 15.9 Å². The van der Waals surface area contributed by atoms with E-state index in [1.54, 1.807) is 10.8 Å². The van der Waals surface area contributed by atoms with Crippen LogP contribution in [0.1, 0.15) is 51.5 Å². The number of benzene rings is 1. The van der Waals surface area contributed by atoms with Crippen LogP contribution in [0.15, 0.2) is 18.2 Å². The number of unbranched alkanes of at least 4 members (excludes halogenated alkanes) is 3. The highest BCUT2D eigenvalue weighted by atomic mass is 16.6. The van der Waals surface area contributed by atoms with Gasteiger partial charge in [0.25, 0.3) is 0 Å². The zero-order valence-corrected chi connectivity index (χ0v) is 13.0. The molecule has 0 spiro atoms. The van der Waals surface area contributed by atoms with Gasteiger partial charge in [-0.1, -0.05) is 51.3 Å². The van der Waals surface area contributed by atoms with Crippen molar-refractivity contribution in [2.45, 2.75) is 58.5 Å². The second-order valence-corrected chi connectivity index (χ2v) is 5.66. The van der Waals surface area contributed by atoms with Crippen LogP contribution >= 0.6 is 0 Å². The maximum absolute atomic E-state index is 5.30. The SMILES string of the molecule is CCC1COCCO1.CCCCCCc1cc2ccc1=2. The molecular weight excluding hydrogens is 248 g/mol. The van der Waals surface area contributed by atoms with Gasteiger partial charge in [-0.25, -0.2) is 0 Å². The number of hydrogen-bond acceptors (Lipinski definition) is 2. The standard InChI is InChI=1S/C12H16.C6H12O2/c1-2-3-4-5-6-10-9-11-7-8-12(10)11;1-2-6-5-7-3-4-8-6/h7-9H,2-6H2,1H3;6H,2-5H2,1H3. The molecule has 0 bridgehead atoms. The van der Waals surface area contributed by atoms with Gasteiger partial charge in [-0.05, 0) is 35.3 Å². The molecule has 3 rings (SSSR count). The lowest BCUT2D eigenvalue weighted by atomic mass is 9.95. The molecule has 1 heterocycles. The van der Waals surface area contributed by atoms with Crippen molar-refractivity contribution < 1.29 is 9.47 Å². The van der Waals surface area contributed by atoms with Crippen molar-refractivity contribution in [2.24, 2.45) is 0 Å². The smallest absolute Gasteiger partial charge is 0.0807 e. The molecule has 1 saturated heterocycles. The Balaban J connectivity index is 0.000000160. The van der Waals surface area contributed by atoms with Gasteiger partial charge in [0, 0.05) is 0 Å². The molecule has 0 radical (unpaired) electrons. The second-order valence-electron chi connectivity index (χ2n) is 5.66. The van der Waals surface area contributed by atoms with Crippen molar-refractivity contribution in [3.05, 3.63) is 34.2 Å². The van der Waals surface area contributed by atoms with Crippen molar-refractivity contribution in [2.75, 3.05) is 19.8 Å². The van der Waals surface area contributed by atoms with E-state index in [4.69, 9.17) is 9.47 Å². The van der Waals surface area contributed by atoms with Gasteiger partial charge in [0.2, 0.25) is 0 Å². The molecule has 3 aliphatic rings. The predicted molar refractivity (Wildman–Crippen MR) is 82.8 cm³/mol. The Morgan fingerprint density at radius 2 is 2.00 bits per heavy atom. The highest BCUT2D eigenvalue weighted by Crippen LogP contribution is 2.18. The fourth-order valence-corrected chi connectivity index (χ4v) is 2.59. The first kappa shape index (κ1) is 15.5. The molecule has 1 unspecified atom stereocenters. The summed E-state index contributed by atoms with van der Waals surface area (Å²) in [6.45, 7) is 6.71. The first-order valence-electron chi connectivity index (χ1n) is 8.17. The van der Waals surface area contributed by atoms with Crippen molar-refractivity contribution >= 4 is 0 Å². The van der Waals surface area contributed by atoms with Crippen LogP contribution in [-0.4, -0.2) is 25.9 Å². The van der Waals surface area contributed by atoms with Crippen molar-refractivity contribution in [3.8, 4) is 0 Å². The van der Waals surface area contributed by atoms with Crippen LogP contribution in [0.4, 0.5) is 0 Å². The van der Waals surface area contributed by atoms with Crippen LogP contribution in [0.25, 0.3) is 0 Å². The van der Waals surface area contributed by atoms with E-state index in [0.29, 0.717) is 6.10 Å². The maximum Gasteiger partial charge on any atom is 0.0807 e. The molecule has 1 atom stereocenters. The highest BCUT2D eigenvalue weighted by Gasteiger charge is 2.10. The average Bonchev–Trinajstić information content (AvgIpc) is 2.49. The van der Waals surface area contributed by atoms with Gasteiger partial charge in [-0.3, -0.25) is 0 Å². The average molecular weight is 276 g/mol. The topological polar surface area (TPSA) is 18.5 Å². The van der Waals surface area contributed by atoms with E-state index < -0.39 is 0 Å². The monoisotopic (exact) mass is 276 g/mol. The van der Waals surface area contributed by atoms with Crippen molar-refractivity contribution in [1.82, 2.24) is 0 Å². The lowest BCUT2D eigenvalue weighted by Gasteiger charge is -2.20. The molecule has 0 N–H and O–H groups in total. The molecule has 2 nitrogen and oxygen atoms in total. The summed E-state index contributed by atoms with van der Waals surface area (Å²) >= 11 is 0. The molecule has 0 amide bonds. The zero-order chi connectivity index (χ0) is 14.2. The maximum atomic E-state index is 5.30. The molecule has 0 saturated carbocycles. The van der Waals surface area contributed by atoms with Crippen LogP contribution in [0.3, 0.4) is 0 Å². The summed E-state index contributed by atoms with van der Waals surface area (Å²) < 4.78 is 10.5. The number of rotatable bonds is 6. The van der Waals surface area contributed by atoms with Crippen LogP contribution in [0, 0.1) is 10.4 Å². The Labute approximate surface area is 122 Å². The van der Waals surface area contributed by atoms with Gasteiger partial charge >= 0.3 is 0 Å². The van der Waals surface area contributed by atoms with Gasteiger partial charge in [0.05, 0.1) is 25.9 Å². The normalized spacial score (nSPS) is 19.2. The largest absolute Gasteiger partial charge is 0.376 e. The van der Waals surface area contributed by atoms with E-state index in [-0.39, 0.29) is 0 Å². The third-order valence-electron chi connectivity index (χ3n) is 4.06. The summed E-state index contributed by atoms with van der Waals surface area (Å²) in [6, 6.07) is 6.77. The van der Waals surface area contributed by atoms with E-state index >= 15 is 0 Å². The summed E-state index contributed by atoms with van der Waals surface area (Å²) in [7, 11) is 0. The molecule has 20 heavy (non-hydrogen) atoms. The second kappa shape index (κ2) is 8.43. The predicted octanol–water partition coefficient (Wildman–Crippen LogP) is 4.22. The summed E-state index contributed by atoms with van der Waals surface area (Å²) in [5, 5.41) is 3.03. The van der Waals surface area contributed by atoms with Crippen molar-refractivity contribution in [3.63, 3.8) is 0 Å². The van der Waals surface area contributed by atoms with Crippen LogP contribution in [0.2, 0.25) is 0 Å². The Morgan fingerprint density at radius 3 is 2.45 bits per heavy atom. The van der Waals surface area contributed by atoms with Crippen LogP contribution in [0.5, 0.6) is 0 Å². The summed E-state index contributed by atoms with van der Waals surface area (Å²) in [4.78, 5) is 0. The molecule has 0 aromatic rings. The third kappa shape index (κ3) is 4.32. The number of aryl methyl sites for hydroxylation is 1. The Kier molecular flexibility index (Phi) is 6.55. The fourth-order valence-electron chi connectivity index (χ4n) is 2.59. The Bertz CT molecular complexity index is 475. The minimum absolute atomic E-state index is 0.365. The Hall–Kier alpha value is -0.860. The summed E-state index contributed by atoms with van der Waals surface area (Å²) in [6.07, 6.45) is 8.26. The molecule has 1 aliphatic heterocycles. The number of hydrogen-bond donors (Lipinski definition) is 0. The summed E-state index contributed by atoms with van der Waals surface area (Å²) in [5.41, 5.74) is 1.60. The molecule has 0 aromatic heterocycles. The molecule has 2 heteroatoms. The van der Waals surface area contributed by atoms with E-state index in [2.05, 4.69) is 32.0 Å². The van der Waals surface area contributed by atoms with Gasteiger partial charge in [-0.2, -0.15) is 0 Å². The van der Waals surface area contributed by atoms with Gasteiger partial charge < -0.3 is 9.47 Å². The quantitative estimate of drug-likeness (QED) is 0.735. The number of ether oxygens (including phenoxy) is 2. The Morgan fingerprint density at radius 1 is 1.10 bits per heavy atom. The van der Waals surface area contributed by atoms with E-state index in [1.165, 1.54) is 37.3 Å². The zero-order valence-electron chi connectivity index (χ0n) is 13.0. The fraction of sp³-hybridized carbons (Fsp3) is 0.667. The third-order valence-corrected chi connectivity index (χ3v) is 4.06. The van der Waals surface area contributed by atoms with E-state index in [9.17, 15) is 0 Å².